The topological polar surface area (TPSA) is 61.1 Å². The van der Waals surface area contributed by atoms with E-state index in [1.54, 1.807) is 6.20 Å². The van der Waals surface area contributed by atoms with Crippen molar-refractivity contribution in [1.29, 1.82) is 0 Å². The molecule has 0 bridgehead atoms. The van der Waals surface area contributed by atoms with Gasteiger partial charge in [0.1, 0.15) is 11.9 Å². The highest BCUT2D eigenvalue weighted by Crippen LogP contribution is 2.32. The minimum Gasteiger partial charge on any atom is -0.370 e. The predicted molar refractivity (Wildman–Crippen MR) is 82.4 cm³/mol. The zero-order valence-corrected chi connectivity index (χ0v) is 13.0. The molecular weight excluding hydrogens is 280 g/mol. The molecule has 0 saturated carbocycles. The van der Waals surface area contributed by atoms with E-state index in [1.165, 1.54) is 0 Å². The van der Waals surface area contributed by atoms with Crippen LogP contribution < -0.4 is 5.32 Å². The van der Waals surface area contributed by atoms with E-state index in [0.29, 0.717) is 12.1 Å². The van der Waals surface area contributed by atoms with Gasteiger partial charge in [0.25, 0.3) is 5.91 Å². The summed E-state index contributed by atoms with van der Waals surface area (Å²) >= 11 is 0. The van der Waals surface area contributed by atoms with Crippen LogP contribution in [0, 0.1) is 5.92 Å². The van der Waals surface area contributed by atoms with E-state index in [1.807, 2.05) is 47.9 Å². The lowest BCUT2D eigenvalue weighted by atomic mass is 9.93. The molecule has 3 heterocycles. The second kappa shape index (κ2) is 6.36. The number of nitrogens with zero attached hydrogens (tertiary/aromatic N) is 3. The second-order valence-corrected chi connectivity index (χ2v) is 5.87. The average Bonchev–Trinajstić information content (AvgIpc) is 3.14. The summed E-state index contributed by atoms with van der Waals surface area (Å²) in [7, 11) is 3.88. The van der Waals surface area contributed by atoms with Gasteiger partial charge in [-0.2, -0.15) is 0 Å². The first-order valence-corrected chi connectivity index (χ1v) is 7.64. The van der Waals surface area contributed by atoms with Crippen molar-refractivity contribution in [1.82, 2.24) is 19.4 Å². The zero-order chi connectivity index (χ0) is 15.5. The molecule has 1 amide bonds. The average molecular weight is 302 g/mol. The summed E-state index contributed by atoms with van der Waals surface area (Å²) in [6, 6.07) is 1.82. The van der Waals surface area contributed by atoms with Crippen molar-refractivity contribution in [3.05, 3.63) is 42.2 Å². The number of hydrogen-bond acceptors (Lipinski definition) is 3. The van der Waals surface area contributed by atoms with Crippen molar-refractivity contribution in [2.75, 3.05) is 13.2 Å². The molecule has 1 aliphatic heterocycles. The fourth-order valence-electron chi connectivity index (χ4n) is 2.95. The van der Waals surface area contributed by atoms with Gasteiger partial charge in [-0.25, -0.2) is 4.98 Å². The molecule has 0 aromatic carbocycles. The lowest BCUT2D eigenvalue weighted by Gasteiger charge is -2.31. The largest absolute Gasteiger partial charge is 0.370 e. The van der Waals surface area contributed by atoms with Crippen LogP contribution in [-0.2, 0) is 18.8 Å². The molecule has 0 unspecified atom stereocenters. The van der Waals surface area contributed by atoms with Crippen LogP contribution in [0.3, 0.4) is 0 Å². The van der Waals surface area contributed by atoms with Gasteiger partial charge in [-0.3, -0.25) is 4.79 Å². The highest BCUT2D eigenvalue weighted by atomic mass is 16.5. The monoisotopic (exact) mass is 302 g/mol. The molecule has 1 aliphatic rings. The number of amides is 1. The van der Waals surface area contributed by atoms with Crippen LogP contribution in [-0.4, -0.2) is 33.2 Å². The maximum Gasteiger partial charge on any atom is 0.252 e. The lowest BCUT2D eigenvalue weighted by molar-refractivity contribution is -0.0337. The first kappa shape index (κ1) is 14.8. The van der Waals surface area contributed by atoms with Crippen molar-refractivity contribution < 1.29 is 9.53 Å². The first-order chi connectivity index (χ1) is 10.6. The third-order valence-electron chi connectivity index (χ3n) is 4.18. The summed E-state index contributed by atoms with van der Waals surface area (Å²) in [5.74, 6) is 1.14. The Kier molecular flexibility index (Phi) is 4.29. The van der Waals surface area contributed by atoms with Gasteiger partial charge in [0.05, 0.1) is 5.56 Å². The van der Waals surface area contributed by atoms with Crippen LogP contribution in [0.2, 0.25) is 0 Å². The summed E-state index contributed by atoms with van der Waals surface area (Å²) in [6.45, 7) is 1.35. The Morgan fingerprint density at radius 3 is 3.00 bits per heavy atom. The molecular formula is C16H22N4O2. The summed E-state index contributed by atoms with van der Waals surface area (Å²) < 4.78 is 9.78. The Labute approximate surface area is 130 Å². The van der Waals surface area contributed by atoms with Crippen LogP contribution in [0.15, 0.2) is 30.9 Å². The number of carbonyl (C=O) groups is 1. The highest BCUT2D eigenvalue weighted by Gasteiger charge is 2.30. The third kappa shape index (κ3) is 3.06. The molecule has 0 aliphatic carbocycles. The van der Waals surface area contributed by atoms with Gasteiger partial charge in [0, 0.05) is 58.0 Å². The lowest BCUT2D eigenvalue weighted by Crippen LogP contribution is -2.35. The predicted octanol–water partition coefficient (Wildman–Crippen LogP) is 1.66. The molecule has 22 heavy (non-hydrogen) atoms. The van der Waals surface area contributed by atoms with Crippen LogP contribution in [0.5, 0.6) is 0 Å². The minimum absolute atomic E-state index is 0.0373. The minimum atomic E-state index is -0.0511. The molecule has 1 N–H and O–H groups in total. The quantitative estimate of drug-likeness (QED) is 0.934. The Morgan fingerprint density at radius 2 is 2.32 bits per heavy atom. The Hall–Kier alpha value is -2.08. The number of nitrogens with one attached hydrogen (secondary N) is 1. The molecule has 0 radical (unpaired) electrons. The van der Waals surface area contributed by atoms with Crippen molar-refractivity contribution in [2.24, 2.45) is 20.0 Å². The van der Waals surface area contributed by atoms with Gasteiger partial charge in [-0.05, 0) is 18.9 Å². The van der Waals surface area contributed by atoms with Crippen molar-refractivity contribution in [2.45, 2.75) is 18.9 Å². The Bertz CT molecular complexity index is 646. The molecule has 2 aromatic rings. The summed E-state index contributed by atoms with van der Waals surface area (Å²) in [6.07, 6.45) is 9.40. The summed E-state index contributed by atoms with van der Waals surface area (Å²) in [4.78, 5) is 16.6. The van der Waals surface area contributed by atoms with E-state index in [2.05, 4.69) is 10.3 Å². The first-order valence-electron chi connectivity index (χ1n) is 7.64. The molecule has 118 valence electrons. The van der Waals surface area contributed by atoms with Gasteiger partial charge in [-0.15, -0.1) is 0 Å². The zero-order valence-electron chi connectivity index (χ0n) is 13.0. The number of ether oxygens (including phenoxy) is 1. The molecule has 2 aromatic heterocycles. The molecule has 0 spiro atoms. The van der Waals surface area contributed by atoms with Gasteiger partial charge < -0.3 is 19.2 Å². The third-order valence-corrected chi connectivity index (χ3v) is 4.18. The number of aryl methyl sites for hydroxylation is 2. The smallest absolute Gasteiger partial charge is 0.252 e. The van der Waals surface area contributed by atoms with Crippen LogP contribution in [0.1, 0.15) is 35.1 Å². The van der Waals surface area contributed by atoms with E-state index < -0.39 is 0 Å². The number of carbonyl (C=O) groups excluding carboxylic acids is 1. The normalized spacial score (nSPS) is 21.7. The highest BCUT2D eigenvalue weighted by molar-refractivity contribution is 5.93. The summed E-state index contributed by atoms with van der Waals surface area (Å²) in [5.41, 5.74) is 0.688. The van der Waals surface area contributed by atoms with Crippen LogP contribution in [0.25, 0.3) is 0 Å². The SMILES string of the molecule is Cn1ccc(C(=O)NC[C@@H]2CCCO[C@H]2c2nccn2C)c1. The fourth-order valence-corrected chi connectivity index (χ4v) is 2.95. The van der Waals surface area contributed by atoms with Crippen molar-refractivity contribution >= 4 is 5.91 Å². The molecule has 2 atom stereocenters. The molecule has 6 nitrogen and oxygen atoms in total. The maximum absolute atomic E-state index is 12.2. The van der Waals surface area contributed by atoms with E-state index in [0.717, 1.165) is 25.3 Å². The maximum atomic E-state index is 12.2. The molecule has 3 rings (SSSR count). The Morgan fingerprint density at radius 1 is 1.45 bits per heavy atom. The van der Waals surface area contributed by atoms with Crippen LogP contribution >= 0.6 is 0 Å². The van der Waals surface area contributed by atoms with E-state index in [-0.39, 0.29) is 17.9 Å². The second-order valence-electron chi connectivity index (χ2n) is 5.87. The van der Waals surface area contributed by atoms with Crippen LogP contribution in [0.4, 0.5) is 0 Å². The van der Waals surface area contributed by atoms with Gasteiger partial charge in [0.2, 0.25) is 0 Å². The van der Waals surface area contributed by atoms with Crippen molar-refractivity contribution in [3.8, 4) is 0 Å². The molecule has 1 fully saturated rings. The van der Waals surface area contributed by atoms with E-state index in [9.17, 15) is 4.79 Å². The van der Waals surface area contributed by atoms with Gasteiger partial charge in [0.15, 0.2) is 0 Å². The Balaban J connectivity index is 1.65. The summed E-state index contributed by atoms with van der Waals surface area (Å²) in [5, 5.41) is 3.02. The fraction of sp³-hybridized carbons (Fsp3) is 0.500. The van der Waals surface area contributed by atoms with Crippen molar-refractivity contribution in [3.63, 3.8) is 0 Å². The standard InChI is InChI=1S/C16H22N4O2/c1-19-7-5-13(11-19)16(21)18-10-12-4-3-9-22-14(12)15-17-6-8-20(15)2/h5-8,11-12,14H,3-4,9-10H2,1-2H3,(H,18,21)/t12-,14+/m0/s1. The van der Waals surface area contributed by atoms with E-state index in [4.69, 9.17) is 4.74 Å². The molecule has 1 saturated heterocycles. The molecule has 6 heteroatoms. The number of imidazole rings is 1. The number of rotatable bonds is 4. The number of aromatic nitrogens is 3. The number of hydrogen-bond donors (Lipinski definition) is 1. The van der Waals surface area contributed by atoms with Gasteiger partial charge in [-0.1, -0.05) is 0 Å². The van der Waals surface area contributed by atoms with E-state index >= 15 is 0 Å². The van der Waals surface area contributed by atoms with Gasteiger partial charge >= 0.3 is 0 Å².